The Hall–Kier alpha value is -3.35. The van der Waals surface area contributed by atoms with Crippen molar-refractivity contribution in [1.82, 2.24) is 9.97 Å². The summed E-state index contributed by atoms with van der Waals surface area (Å²) in [5.41, 5.74) is 4.31. The van der Waals surface area contributed by atoms with E-state index in [1.807, 2.05) is 30.3 Å². The van der Waals surface area contributed by atoms with Crippen LogP contribution < -0.4 is 10.6 Å². The van der Waals surface area contributed by atoms with Gasteiger partial charge in [0, 0.05) is 38.5 Å². The third-order valence-corrected chi connectivity index (χ3v) is 6.45. The van der Waals surface area contributed by atoms with E-state index >= 15 is 0 Å². The molecule has 0 aliphatic heterocycles. The highest BCUT2D eigenvalue weighted by Crippen LogP contribution is 2.28. The fraction of sp³-hybridized carbons (Fsp3) is 0.192. The number of halogens is 2. The van der Waals surface area contributed by atoms with Crippen molar-refractivity contribution in [3.05, 3.63) is 76.3 Å². The number of amides is 2. The maximum atomic E-state index is 12.5. The third-order valence-electron chi connectivity index (χ3n) is 6.02. The van der Waals surface area contributed by atoms with Crippen LogP contribution in [0.5, 0.6) is 0 Å². The van der Waals surface area contributed by atoms with Crippen molar-refractivity contribution in [1.29, 1.82) is 0 Å². The fourth-order valence-electron chi connectivity index (χ4n) is 4.26. The number of hydrogen-bond acceptors (Lipinski definition) is 3. The number of imidazole rings is 1. The van der Waals surface area contributed by atoms with Gasteiger partial charge in [0.1, 0.15) is 5.82 Å². The lowest BCUT2D eigenvalue weighted by atomic mass is 10.1. The summed E-state index contributed by atoms with van der Waals surface area (Å²) < 4.78 is 0. The van der Waals surface area contributed by atoms with Crippen LogP contribution in [0, 0.1) is 5.92 Å². The molecule has 3 N–H and O–H groups in total. The van der Waals surface area contributed by atoms with E-state index in [4.69, 9.17) is 23.2 Å². The molecule has 34 heavy (non-hydrogen) atoms. The van der Waals surface area contributed by atoms with Crippen molar-refractivity contribution >= 4 is 57.4 Å². The number of aromatic amines is 1. The van der Waals surface area contributed by atoms with Crippen LogP contribution in [0.25, 0.3) is 22.4 Å². The first kappa shape index (κ1) is 22.4. The summed E-state index contributed by atoms with van der Waals surface area (Å²) in [6.45, 7) is 0. The highest BCUT2D eigenvalue weighted by Gasteiger charge is 2.22. The number of anilines is 2. The molecule has 0 saturated heterocycles. The zero-order chi connectivity index (χ0) is 23.7. The molecule has 8 heteroatoms. The number of benzene rings is 3. The van der Waals surface area contributed by atoms with E-state index in [1.165, 1.54) is 0 Å². The molecule has 1 saturated carbocycles. The van der Waals surface area contributed by atoms with Crippen LogP contribution in [0.2, 0.25) is 10.0 Å². The Morgan fingerprint density at radius 1 is 0.853 bits per heavy atom. The highest BCUT2D eigenvalue weighted by atomic mass is 35.5. The molecule has 0 unspecified atom stereocenters. The van der Waals surface area contributed by atoms with E-state index in [0.717, 1.165) is 48.0 Å². The van der Waals surface area contributed by atoms with Crippen molar-refractivity contribution in [2.24, 2.45) is 5.92 Å². The first-order chi connectivity index (χ1) is 16.4. The molecule has 4 aromatic rings. The van der Waals surface area contributed by atoms with Gasteiger partial charge in [0.05, 0.1) is 11.0 Å². The lowest BCUT2D eigenvalue weighted by Crippen LogP contribution is -2.20. The number of fused-ring (bicyclic) bond motifs is 1. The van der Waals surface area contributed by atoms with Gasteiger partial charge in [-0.2, -0.15) is 0 Å². The van der Waals surface area contributed by atoms with Gasteiger partial charge in [-0.05, 0) is 73.5 Å². The van der Waals surface area contributed by atoms with Crippen LogP contribution in [-0.2, 0) is 4.79 Å². The number of carbonyl (C=O) groups excluding carboxylic acids is 2. The largest absolute Gasteiger partial charge is 0.338 e. The Balaban J connectivity index is 1.29. The standard InChI is InChI=1S/C26H22Cl2N4O2/c27-18-11-17(12-19(28)13-18)26(34)29-20-7-5-15(6-8-20)24-31-22-10-9-21(14-23(22)32-24)30-25(33)16-3-1-2-4-16/h5-14,16H,1-4H2,(H,29,34)(H,30,33)(H,31,32). The highest BCUT2D eigenvalue weighted by molar-refractivity contribution is 6.35. The molecule has 1 fully saturated rings. The zero-order valence-corrected chi connectivity index (χ0v) is 19.7. The summed E-state index contributed by atoms with van der Waals surface area (Å²) in [6, 6.07) is 17.7. The maximum Gasteiger partial charge on any atom is 0.255 e. The molecule has 1 aliphatic carbocycles. The second-order valence-corrected chi connectivity index (χ2v) is 9.35. The smallest absolute Gasteiger partial charge is 0.255 e. The molecule has 1 aromatic heterocycles. The van der Waals surface area contributed by atoms with Crippen LogP contribution in [-0.4, -0.2) is 21.8 Å². The van der Waals surface area contributed by atoms with Gasteiger partial charge in [-0.1, -0.05) is 36.0 Å². The first-order valence-corrected chi connectivity index (χ1v) is 11.9. The van der Waals surface area contributed by atoms with Crippen LogP contribution >= 0.6 is 23.2 Å². The quantitative estimate of drug-likeness (QED) is 0.282. The van der Waals surface area contributed by atoms with Gasteiger partial charge in [0.25, 0.3) is 5.91 Å². The van der Waals surface area contributed by atoms with Crippen LogP contribution in [0.3, 0.4) is 0 Å². The summed E-state index contributed by atoms with van der Waals surface area (Å²) in [5.74, 6) is 0.610. The summed E-state index contributed by atoms with van der Waals surface area (Å²) in [5, 5.41) is 6.67. The Morgan fingerprint density at radius 3 is 2.24 bits per heavy atom. The fourth-order valence-corrected chi connectivity index (χ4v) is 4.78. The molecule has 6 nitrogen and oxygen atoms in total. The number of hydrogen-bond donors (Lipinski definition) is 3. The summed E-state index contributed by atoms with van der Waals surface area (Å²) in [7, 11) is 0. The maximum absolute atomic E-state index is 12.5. The Bertz CT molecular complexity index is 1360. The van der Waals surface area contributed by atoms with Gasteiger partial charge in [-0.3, -0.25) is 9.59 Å². The number of aromatic nitrogens is 2. The van der Waals surface area contributed by atoms with Gasteiger partial charge in [0.15, 0.2) is 0 Å². The van der Waals surface area contributed by atoms with Gasteiger partial charge >= 0.3 is 0 Å². The number of rotatable bonds is 5. The molecule has 172 valence electrons. The number of H-pyrrole nitrogens is 1. The van der Waals surface area contributed by atoms with Crippen molar-refractivity contribution in [3.8, 4) is 11.4 Å². The second kappa shape index (κ2) is 9.49. The van der Waals surface area contributed by atoms with Crippen molar-refractivity contribution in [3.63, 3.8) is 0 Å². The Morgan fingerprint density at radius 2 is 1.53 bits per heavy atom. The lowest BCUT2D eigenvalue weighted by molar-refractivity contribution is -0.119. The monoisotopic (exact) mass is 492 g/mol. The van der Waals surface area contributed by atoms with Gasteiger partial charge in [0.2, 0.25) is 5.91 Å². The summed E-state index contributed by atoms with van der Waals surface area (Å²) in [4.78, 5) is 32.9. The average molecular weight is 493 g/mol. The van der Waals surface area contributed by atoms with E-state index in [2.05, 4.69) is 20.6 Å². The normalized spacial score (nSPS) is 13.8. The van der Waals surface area contributed by atoms with E-state index in [-0.39, 0.29) is 17.7 Å². The number of nitrogens with one attached hydrogen (secondary N) is 3. The van der Waals surface area contributed by atoms with E-state index < -0.39 is 0 Å². The predicted molar refractivity (Wildman–Crippen MR) is 137 cm³/mol. The Kier molecular flexibility index (Phi) is 6.26. The predicted octanol–water partition coefficient (Wildman–Crippen LogP) is 6.92. The van der Waals surface area contributed by atoms with E-state index in [9.17, 15) is 9.59 Å². The van der Waals surface area contributed by atoms with Gasteiger partial charge in [-0.15, -0.1) is 0 Å². The lowest BCUT2D eigenvalue weighted by Gasteiger charge is -2.10. The van der Waals surface area contributed by atoms with Crippen LogP contribution in [0.4, 0.5) is 11.4 Å². The third kappa shape index (κ3) is 4.93. The Labute approximate surface area is 206 Å². The van der Waals surface area contributed by atoms with E-state index in [1.54, 1.807) is 30.3 Å². The van der Waals surface area contributed by atoms with Gasteiger partial charge < -0.3 is 15.6 Å². The molecule has 1 heterocycles. The molecule has 0 atom stereocenters. The minimum absolute atomic E-state index is 0.0919. The molecule has 0 spiro atoms. The topological polar surface area (TPSA) is 86.9 Å². The van der Waals surface area contributed by atoms with Crippen LogP contribution in [0.1, 0.15) is 36.0 Å². The molecule has 0 radical (unpaired) electrons. The van der Waals surface area contributed by atoms with Crippen LogP contribution in [0.15, 0.2) is 60.7 Å². The SMILES string of the molecule is O=C(Nc1ccc(-c2nc3ccc(NC(=O)C4CCCC4)cc3[nH]2)cc1)c1cc(Cl)cc(Cl)c1. The minimum atomic E-state index is -0.298. The van der Waals surface area contributed by atoms with Crippen molar-refractivity contribution in [2.75, 3.05) is 10.6 Å². The van der Waals surface area contributed by atoms with Crippen molar-refractivity contribution in [2.45, 2.75) is 25.7 Å². The number of carbonyl (C=O) groups is 2. The molecular weight excluding hydrogens is 471 g/mol. The molecule has 5 rings (SSSR count). The second-order valence-electron chi connectivity index (χ2n) is 8.48. The zero-order valence-electron chi connectivity index (χ0n) is 18.2. The minimum Gasteiger partial charge on any atom is -0.338 e. The van der Waals surface area contributed by atoms with E-state index in [0.29, 0.717) is 27.1 Å². The van der Waals surface area contributed by atoms with Crippen molar-refractivity contribution < 1.29 is 9.59 Å². The molecule has 2 amide bonds. The molecular formula is C26H22Cl2N4O2. The molecule has 1 aliphatic rings. The summed E-state index contributed by atoms with van der Waals surface area (Å²) in [6.07, 6.45) is 4.17. The molecule has 3 aromatic carbocycles. The average Bonchev–Trinajstić information content (AvgIpc) is 3.49. The van der Waals surface area contributed by atoms with Gasteiger partial charge in [-0.25, -0.2) is 4.98 Å². The number of nitrogens with zero attached hydrogens (tertiary/aromatic N) is 1. The first-order valence-electron chi connectivity index (χ1n) is 11.1. The molecule has 0 bridgehead atoms. The summed E-state index contributed by atoms with van der Waals surface area (Å²) >= 11 is 12.0.